The Hall–Kier alpha value is -1.10. The van der Waals surface area contributed by atoms with Crippen molar-refractivity contribution in [1.29, 1.82) is 0 Å². The lowest BCUT2D eigenvalue weighted by atomic mass is 10.2. The molecule has 0 aliphatic carbocycles. The second-order valence-electron chi connectivity index (χ2n) is 3.93. The van der Waals surface area contributed by atoms with Gasteiger partial charge >= 0.3 is 5.97 Å². The summed E-state index contributed by atoms with van der Waals surface area (Å²) in [5.41, 5.74) is 0. The van der Waals surface area contributed by atoms with Crippen LogP contribution >= 0.6 is 0 Å². The van der Waals surface area contributed by atoms with Gasteiger partial charge in [0.25, 0.3) is 0 Å². The van der Waals surface area contributed by atoms with Gasteiger partial charge < -0.3 is 10.0 Å². The molecule has 100 valence electrons. The van der Waals surface area contributed by atoms with Gasteiger partial charge in [-0.3, -0.25) is 14.5 Å². The number of carbonyl (C=O) groups is 2. The predicted molar refractivity (Wildman–Crippen MR) is 66.9 cm³/mol. The van der Waals surface area contributed by atoms with Crippen molar-refractivity contribution in [2.45, 2.75) is 33.6 Å². The molecule has 0 aromatic rings. The van der Waals surface area contributed by atoms with Gasteiger partial charge in [-0.25, -0.2) is 0 Å². The van der Waals surface area contributed by atoms with Gasteiger partial charge in [-0.15, -0.1) is 0 Å². The summed E-state index contributed by atoms with van der Waals surface area (Å²) in [4.78, 5) is 25.9. The summed E-state index contributed by atoms with van der Waals surface area (Å²) in [6, 6.07) is 0. The third-order valence-corrected chi connectivity index (χ3v) is 2.79. The van der Waals surface area contributed by atoms with Crippen molar-refractivity contribution >= 4 is 11.9 Å². The minimum atomic E-state index is -0.818. The molecule has 0 heterocycles. The average Bonchev–Trinajstić information content (AvgIpc) is 2.28. The average molecular weight is 244 g/mol. The fraction of sp³-hybridized carbons (Fsp3) is 0.833. The van der Waals surface area contributed by atoms with Crippen molar-refractivity contribution < 1.29 is 14.7 Å². The minimum Gasteiger partial charge on any atom is -0.480 e. The summed E-state index contributed by atoms with van der Waals surface area (Å²) in [5, 5.41) is 8.67. The van der Waals surface area contributed by atoms with E-state index < -0.39 is 5.97 Å². The zero-order valence-electron chi connectivity index (χ0n) is 11.1. The molecule has 17 heavy (non-hydrogen) atoms. The van der Waals surface area contributed by atoms with Crippen LogP contribution in [0.2, 0.25) is 0 Å². The number of amides is 1. The smallest absolute Gasteiger partial charge is 0.317 e. The van der Waals surface area contributed by atoms with Crippen LogP contribution in [0.3, 0.4) is 0 Å². The van der Waals surface area contributed by atoms with Crippen LogP contribution in [0.1, 0.15) is 33.6 Å². The maximum absolute atomic E-state index is 11.7. The zero-order valence-corrected chi connectivity index (χ0v) is 11.1. The first-order chi connectivity index (χ1) is 8.04. The van der Waals surface area contributed by atoms with Gasteiger partial charge in [-0.2, -0.15) is 0 Å². The summed E-state index contributed by atoms with van der Waals surface area (Å²) in [6.07, 6.45) is 1.22. The molecule has 0 rings (SSSR count). The summed E-state index contributed by atoms with van der Waals surface area (Å²) in [6.45, 7) is 8.74. The Morgan fingerprint density at radius 3 is 2.06 bits per heavy atom. The molecule has 0 spiro atoms. The Morgan fingerprint density at radius 1 is 1.06 bits per heavy atom. The topological polar surface area (TPSA) is 60.9 Å². The van der Waals surface area contributed by atoms with Crippen LogP contribution in [-0.4, -0.2) is 59.5 Å². The van der Waals surface area contributed by atoms with Gasteiger partial charge in [0.2, 0.25) is 5.91 Å². The minimum absolute atomic E-state index is 0.0515. The zero-order chi connectivity index (χ0) is 13.3. The highest BCUT2D eigenvalue weighted by molar-refractivity contribution is 5.76. The maximum atomic E-state index is 11.7. The molecule has 0 aliphatic rings. The Labute approximate surface area is 103 Å². The molecule has 0 radical (unpaired) electrons. The lowest BCUT2D eigenvalue weighted by Crippen LogP contribution is -2.33. The van der Waals surface area contributed by atoms with Gasteiger partial charge in [0.15, 0.2) is 0 Å². The highest BCUT2D eigenvalue weighted by Gasteiger charge is 2.11. The second-order valence-corrected chi connectivity index (χ2v) is 3.93. The van der Waals surface area contributed by atoms with Crippen molar-refractivity contribution in [3.63, 3.8) is 0 Å². The highest BCUT2D eigenvalue weighted by atomic mass is 16.4. The van der Waals surface area contributed by atoms with Gasteiger partial charge in [0.05, 0.1) is 6.54 Å². The maximum Gasteiger partial charge on any atom is 0.317 e. The molecule has 0 bridgehead atoms. The quantitative estimate of drug-likeness (QED) is 0.658. The van der Waals surface area contributed by atoms with Crippen LogP contribution in [0.25, 0.3) is 0 Å². The molecule has 5 nitrogen and oxygen atoms in total. The van der Waals surface area contributed by atoms with E-state index in [2.05, 4.69) is 0 Å². The van der Waals surface area contributed by atoms with Crippen molar-refractivity contribution in [3.05, 3.63) is 0 Å². The van der Waals surface area contributed by atoms with E-state index in [1.54, 1.807) is 4.90 Å². The third-order valence-electron chi connectivity index (χ3n) is 2.79. The largest absolute Gasteiger partial charge is 0.480 e. The SMILES string of the molecule is CCN(CCCC(=O)N(CC)CC)CC(=O)O. The van der Waals surface area contributed by atoms with Gasteiger partial charge in [-0.05, 0) is 33.4 Å². The van der Waals surface area contributed by atoms with E-state index in [0.717, 1.165) is 19.5 Å². The van der Waals surface area contributed by atoms with Crippen LogP contribution in [0.4, 0.5) is 0 Å². The number of hydrogen-bond donors (Lipinski definition) is 1. The van der Waals surface area contributed by atoms with Crippen molar-refractivity contribution in [2.24, 2.45) is 0 Å². The monoisotopic (exact) mass is 244 g/mol. The Bertz CT molecular complexity index is 240. The first-order valence-electron chi connectivity index (χ1n) is 6.27. The first-order valence-corrected chi connectivity index (χ1v) is 6.27. The Morgan fingerprint density at radius 2 is 1.65 bits per heavy atom. The number of likely N-dealkylation sites (N-methyl/N-ethyl adjacent to an activating group) is 1. The van der Waals surface area contributed by atoms with E-state index in [0.29, 0.717) is 19.5 Å². The van der Waals surface area contributed by atoms with Crippen LogP contribution in [0.15, 0.2) is 0 Å². The molecule has 0 aromatic heterocycles. The number of hydrogen-bond acceptors (Lipinski definition) is 3. The van der Waals surface area contributed by atoms with E-state index >= 15 is 0 Å². The molecule has 0 aliphatic heterocycles. The van der Waals surface area contributed by atoms with Gasteiger partial charge in [0, 0.05) is 19.5 Å². The van der Waals surface area contributed by atoms with E-state index in [1.165, 1.54) is 0 Å². The van der Waals surface area contributed by atoms with Crippen LogP contribution in [-0.2, 0) is 9.59 Å². The molecule has 0 saturated heterocycles. The summed E-state index contributed by atoms with van der Waals surface area (Å²) in [5.74, 6) is -0.664. The molecule has 0 atom stereocenters. The number of aliphatic carboxylic acids is 1. The molecule has 1 N–H and O–H groups in total. The molecule has 0 unspecified atom stereocenters. The highest BCUT2D eigenvalue weighted by Crippen LogP contribution is 2.00. The normalized spacial score (nSPS) is 10.6. The molecular weight excluding hydrogens is 220 g/mol. The van der Waals surface area contributed by atoms with E-state index in [-0.39, 0.29) is 12.5 Å². The third kappa shape index (κ3) is 6.94. The lowest BCUT2D eigenvalue weighted by Gasteiger charge is -2.20. The molecule has 1 amide bonds. The summed E-state index contributed by atoms with van der Waals surface area (Å²) in [7, 11) is 0. The standard InChI is InChI=1S/C12H24N2O3/c1-4-13(10-12(16)17)9-7-8-11(15)14(5-2)6-3/h4-10H2,1-3H3,(H,16,17). The first kappa shape index (κ1) is 15.9. The summed E-state index contributed by atoms with van der Waals surface area (Å²) >= 11 is 0. The Kier molecular flexibility index (Phi) is 8.40. The number of carbonyl (C=O) groups excluding carboxylic acids is 1. The van der Waals surface area contributed by atoms with E-state index in [1.807, 2.05) is 25.7 Å². The van der Waals surface area contributed by atoms with Crippen molar-refractivity contribution in [2.75, 3.05) is 32.7 Å². The Balaban J connectivity index is 3.87. The van der Waals surface area contributed by atoms with Crippen LogP contribution in [0, 0.1) is 0 Å². The molecule has 0 fully saturated rings. The number of carboxylic acids is 1. The van der Waals surface area contributed by atoms with Crippen LogP contribution < -0.4 is 0 Å². The summed E-state index contributed by atoms with van der Waals surface area (Å²) < 4.78 is 0. The van der Waals surface area contributed by atoms with E-state index in [9.17, 15) is 9.59 Å². The number of carboxylic acid groups (broad SMARTS) is 1. The van der Waals surface area contributed by atoms with E-state index in [4.69, 9.17) is 5.11 Å². The molecule has 0 saturated carbocycles. The lowest BCUT2D eigenvalue weighted by molar-refractivity contribution is -0.138. The van der Waals surface area contributed by atoms with Crippen molar-refractivity contribution in [1.82, 2.24) is 9.80 Å². The fourth-order valence-electron chi connectivity index (χ4n) is 1.73. The van der Waals surface area contributed by atoms with Crippen LogP contribution in [0.5, 0.6) is 0 Å². The van der Waals surface area contributed by atoms with Gasteiger partial charge in [0.1, 0.15) is 0 Å². The second kappa shape index (κ2) is 8.98. The fourth-order valence-corrected chi connectivity index (χ4v) is 1.73. The molecule has 0 aromatic carbocycles. The molecule has 5 heteroatoms. The van der Waals surface area contributed by atoms with Gasteiger partial charge in [-0.1, -0.05) is 6.92 Å². The number of rotatable bonds is 9. The predicted octanol–water partition coefficient (Wildman–Crippen LogP) is 1.04. The molecular formula is C12H24N2O3. The number of nitrogens with zero attached hydrogens (tertiary/aromatic N) is 2. The van der Waals surface area contributed by atoms with Crippen molar-refractivity contribution in [3.8, 4) is 0 Å².